The molecule has 0 saturated carbocycles. The molecule has 1 heterocycles. The van der Waals surface area contributed by atoms with Gasteiger partial charge in [0.05, 0.1) is 12.1 Å². The number of rotatable bonds is 4. The quantitative estimate of drug-likeness (QED) is 0.900. The molecule has 0 aliphatic carbocycles. The molecule has 0 saturated heterocycles. The van der Waals surface area contributed by atoms with E-state index >= 15 is 0 Å². The molecule has 3 N–H and O–H groups in total. The van der Waals surface area contributed by atoms with E-state index in [9.17, 15) is 4.79 Å². The third-order valence-corrected chi connectivity index (χ3v) is 3.87. The van der Waals surface area contributed by atoms with Crippen LogP contribution in [0, 0.1) is 13.8 Å². The summed E-state index contributed by atoms with van der Waals surface area (Å²) in [7, 11) is 0. The Balaban J connectivity index is 2.43. The Hall–Kier alpha value is -1.88. The van der Waals surface area contributed by atoms with Crippen LogP contribution in [0.2, 0.25) is 0 Å². The number of carboxylic acid groups (broad SMARTS) is 1. The largest absolute Gasteiger partial charge is 0.481 e. The first kappa shape index (κ1) is 13.5. The minimum Gasteiger partial charge on any atom is -0.481 e. The fraction of sp³-hybridized carbons (Fsp3) is 0.286. The topological polar surface area (TPSA) is 76.2 Å². The van der Waals surface area contributed by atoms with Gasteiger partial charge in [-0.25, -0.2) is 4.98 Å². The summed E-state index contributed by atoms with van der Waals surface area (Å²) in [5.74, 6) is -0.807. The number of carbonyl (C=O) groups is 1. The van der Waals surface area contributed by atoms with Crippen molar-refractivity contribution in [3.8, 4) is 11.3 Å². The molecule has 0 aliphatic heterocycles. The number of carboxylic acids is 1. The number of aryl methyl sites for hydroxylation is 3. The van der Waals surface area contributed by atoms with Gasteiger partial charge in [-0.2, -0.15) is 0 Å². The third kappa shape index (κ3) is 3.12. The molecule has 0 spiro atoms. The standard InChI is InChI=1S/C14H16N2O2S/c1-8-3-4-9(2)10(7-8)13-11(5-6-12(17)18)19-14(15)16-13/h3-4,7H,5-6H2,1-2H3,(H2,15,16)(H,17,18). The molecule has 0 unspecified atom stereocenters. The van der Waals surface area contributed by atoms with Gasteiger partial charge < -0.3 is 10.8 Å². The van der Waals surface area contributed by atoms with Gasteiger partial charge >= 0.3 is 5.97 Å². The minimum atomic E-state index is -0.807. The number of hydrogen-bond acceptors (Lipinski definition) is 4. The van der Waals surface area contributed by atoms with Crippen molar-refractivity contribution in [3.05, 3.63) is 34.2 Å². The van der Waals surface area contributed by atoms with Crippen LogP contribution in [0.15, 0.2) is 18.2 Å². The van der Waals surface area contributed by atoms with E-state index in [1.54, 1.807) is 0 Å². The van der Waals surface area contributed by atoms with E-state index in [0.29, 0.717) is 11.6 Å². The maximum absolute atomic E-state index is 10.7. The zero-order valence-electron chi connectivity index (χ0n) is 10.9. The summed E-state index contributed by atoms with van der Waals surface area (Å²) in [6.45, 7) is 4.04. The van der Waals surface area contributed by atoms with Crippen LogP contribution in [-0.2, 0) is 11.2 Å². The Bertz CT molecular complexity index is 620. The maximum Gasteiger partial charge on any atom is 0.303 e. The lowest BCUT2D eigenvalue weighted by Gasteiger charge is -2.06. The van der Waals surface area contributed by atoms with Crippen LogP contribution in [0.4, 0.5) is 5.13 Å². The Morgan fingerprint density at radius 3 is 2.84 bits per heavy atom. The molecule has 5 heteroatoms. The predicted molar refractivity (Wildman–Crippen MR) is 77.4 cm³/mol. The van der Waals surface area contributed by atoms with E-state index < -0.39 is 5.97 Å². The van der Waals surface area contributed by atoms with E-state index in [0.717, 1.165) is 27.3 Å². The summed E-state index contributed by atoms with van der Waals surface area (Å²) >= 11 is 1.37. The molecule has 4 nitrogen and oxygen atoms in total. The second kappa shape index (κ2) is 5.40. The second-order valence-corrected chi connectivity index (χ2v) is 5.65. The van der Waals surface area contributed by atoms with Crippen LogP contribution in [0.25, 0.3) is 11.3 Å². The first-order valence-electron chi connectivity index (χ1n) is 6.02. The van der Waals surface area contributed by atoms with Crippen LogP contribution < -0.4 is 5.73 Å². The fourth-order valence-corrected chi connectivity index (χ4v) is 2.81. The summed E-state index contributed by atoms with van der Waals surface area (Å²) in [6.07, 6.45) is 0.562. The Morgan fingerprint density at radius 1 is 1.42 bits per heavy atom. The van der Waals surface area contributed by atoms with Crippen molar-refractivity contribution in [1.29, 1.82) is 0 Å². The average molecular weight is 276 g/mol. The van der Waals surface area contributed by atoms with E-state index in [-0.39, 0.29) is 6.42 Å². The summed E-state index contributed by atoms with van der Waals surface area (Å²) in [5.41, 5.74) is 9.90. The van der Waals surface area contributed by atoms with Crippen molar-refractivity contribution in [2.24, 2.45) is 0 Å². The second-order valence-electron chi connectivity index (χ2n) is 4.54. The normalized spacial score (nSPS) is 10.6. The molecule has 0 aliphatic rings. The first-order chi connectivity index (χ1) is 8.97. The molecule has 0 radical (unpaired) electrons. The van der Waals surface area contributed by atoms with Gasteiger partial charge in [0.15, 0.2) is 5.13 Å². The average Bonchev–Trinajstić information content (AvgIpc) is 2.71. The lowest BCUT2D eigenvalue weighted by molar-refractivity contribution is -0.136. The number of thiazole rings is 1. The number of nitrogens with zero attached hydrogens (tertiary/aromatic N) is 1. The van der Waals surface area contributed by atoms with Crippen molar-refractivity contribution < 1.29 is 9.90 Å². The molecule has 2 aromatic rings. The highest BCUT2D eigenvalue weighted by molar-refractivity contribution is 7.15. The number of benzene rings is 1. The smallest absolute Gasteiger partial charge is 0.303 e. The molecule has 100 valence electrons. The van der Waals surface area contributed by atoms with Gasteiger partial charge in [0.25, 0.3) is 0 Å². The molecule has 2 rings (SSSR count). The highest BCUT2D eigenvalue weighted by atomic mass is 32.1. The highest BCUT2D eigenvalue weighted by Crippen LogP contribution is 2.33. The van der Waals surface area contributed by atoms with Gasteiger partial charge in [0.2, 0.25) is 0 Å². The first-order valence-corrected chi connectivity index (χ1v) is 6.83. The molecule has 0 bridgehead atoms. The predicted octanol–water partition coefficient (Wildman–Crippen LogP) is 3.03. The maximum atomic E-state index is 10.7. The van der Waals surface area contributed by atoms with Gasteiger partial charge in [0.1, 0.15) is 0 Å². The Kier molecular flexibility index (Phi) is 3.85. The molecule has 1 aromatic heterocycles. The van der Waals surface area contributed by atoms with Gasteiger partial charge in [-0.1, -0.05) is 17.7 Å². The summed E-state index contributed by atoms with van der Waals surface area (Å²) in [6, 6.07) is 6.15. The lowest BCUT2D eigenvalue weighted by atomic mass is 10.0. The number of anilines is 1. The molecule has 19 heavy (non-hydrogen) atoms. The van der Waals surface area contributed by atoms with Gasteiger partial charge in [0, 0.05) is 10.4 Å². The number of nitrogens with two attached hydrogens (primary N) is 1. The van der Waals surface area contributed by atoms with Crippen LogP contribution in [0.5, 0.6) is 0 Å². The number of aliphatic carboxylic acids is 1. The zero-order chi connectivity index (χ0) is 14.0. The van der Waals surface area contributed by atoms with Crippen LogP contribution >= 0.6 is 11.3 Å². The molecular weight excluding hydrogens is 260 g/mol. The Labute approximate surface area is 115 Å². The fourth-order valence-electron chi connectivity index (χ4n) is 1.96. The van der Waals surface area contributed by atoms with Crippen molar-refractivity contribution in [3.63, 3.8) is 0 Å². The van der Waals surface area contributed by atoms with E-state index in [4.69, 9.17) is 10.8 Å². The number of hydrogen-bond donors (Lipinski definition) is 2. The van der Waals surface area contributed by atoms with E-state index in [1.807, 2.05) is 26.0 Å². The van der Waals surface area contributed by atoms with Crippen molar-refractivity contribution in [1.82, 2.24) is 4.98 Å². The SMILES string of the molecule is Cc1ccc(C)c(-c2nc(N)sc2CCC(=O)O)c1. The van der Waals surface area contributed by atoms with E-state index in [1.165, 1.54) is 11.3 Å². The number of aromatic nitrogens is 1. The monoisotopic (exact) mass is 276 g/mol. The summed E-state index contributed by atoms with van der Waals surface area (Å²) < 4.78 is 0. The summed E-state index contributed by atoms with van der Waals surface area (Å²) in [5, 5.41) is 9.28. The summed E-state index contributed by atoms with van der Waals surface area (Å²) in [4.78, 5) is 16.0. The zero-order valence-corrected chi connectivity index (χ0v) is 11.8. The van der Waals surface area contributed by atoms with Crippen LogP contribution in [0.1, 0.15) is 22.4 Å². The molecular formula is C14H16N2O2S. The van der Waals surface area contributed by atoms with E-state index in [2.05, 4.69) is 11.1 Å². The Morgan fingerprint density at radius 2 is 2.16 bits per heavy atom. The lowest BCUT2D eigenvalue weighted by Crippen LogP contribution is -1.97. The molecule has 1 aromatic carbocycles. The van der Waals surface area contributed by atoms with Crippen LogP contribution in [0.3, 0.4) is 0 Å². The number of nitrogen functional groups attached to an aromatic ring is 1. The van der Waals surface area contributed by atoms with Crippen molar-refractivity contribution in [2.45, 2.75) is 26.7 Å². The molecule has 0 amide bonds. The van der Waals surface area contributed by atoms with Gasteiger partial charge in [-0.3, -0.25) is 4.79 Å². The minimum absolute atomic E-state index is 0.0967. The van der Waals surface area contributed by atoms with Crippen molar-refractivity contribution in [2.75, 3.05) is 5.73 Å². The molecule has 0 fully saturated rings. The highest BCUT2D eigenvalue weighted by Gasteiger charge is 2.14. The van der Waals surface area contributed by atoms with Crippen LogP contribution in [-0.4, -0.2) is 16.1 Å². The third-order valence-electron chi connectivity index (χ3n) is 2.93. The van der Waals surface area contributed by atoms with Gasteiger partial charge in [-0.15, -0.1) is 11.3 Å². The molecule has 0 atom stereocenters. The van der Waals surface area contributed by atoms with Crippen molar-refractivity contribution >= 4 is 22.4 Å². The van der Waals surface area contributed by atoms with Gasteiger partial charge in [-0.05, 0) is 31.9 Å².